The maximum Gasteiger partial charge on any atom is 0.262 e. The molecule has 3 aromatic rings. The minimum Gasteiger partial charge on any atom is -0.493 e. The fraction of sp³-hybridized carbons (Fsp3) is 0.296. The van der Waals surface area contributed by atoms with Crippen molar-refractivity contribution < 1.29 is 14.3 Å². The highest BCUT2D eigenvalue weighted by Gasteiger charge is 2.37. The number of rotatable bonds is 9. The van der Waals surface area contributed by atoms with Crippen LogP contribution in [0, 0.1) is 5.92 Å². The van der Waals surface area contributed by atoms with Crippen molar-refractivity contribution in [2.75, 3.05) is 6.61 Å². The molecule has 0 radical (unpaired) electrons. The zero-order chi connectivity index (χ0) is 22.8. The SMILES string of the molecule is C[C@@H](C=Cc1cnn(CCc2ccc(OCC3CC3)cc2)c1)N1C(=O)c2ccccc2C1=O. The topological polar surface area (TPSA) is 64.4 Å². The fourth-order valence-electron chi connectivity index (χ4n) is 4.00. The number of hydrogen-bond acceptors (Lipinski definition) is 4. The largest absolute Gasteiger partial charge is 0.493 e. The number of aryl methyl sites for hydroxylation is 2. The van der Waals surface area contributed by atoms with Crippen molar-refractivity contribution >= 4 is 17.9 Å². The molecule has 1 aliphatic heterocycles. The lowest BCUT2D eigenvalue weighted by atomic mass is 10.1. The Morgan fingerprint density at radius 1 is 1.06 bits per heavy atom. The molecule has 6 nitrogen and oxygen atoms in total. The molecule has 1 aromatic heterocycles. The van der Waals surface area contributed by atoms with Gasteiger partial charge in [-0.15, -0.1) is 0 Å². The molecular formula is C27H27N3O3. The van der Waals surface area contributed by atoms with E-state index in [0.29, 0.717) is 11.1 Å². The number of benzene rings is 2. The van der Waals surface area contributed by atoms with Gasteiger partial charge in [-0.3, -0.25) is 19.2 Å². The molecule has 2 amide bonds. The molecule has 0 N–H and O–H groups in total. The van der Waals surface area contributed by atoms with Crippen LogP contribution >= 0.6 is 0 Å². The molecule has 1 atom stereocenters. The number of amides is 2. The average molecular weight is 442 g/mol. The van der Waals surface area contributed by atoms with Crippen LogP contribution in [0.3, 0.4) is 0 Å². The first-order valence-electron chi connectivity index (χ1n) is 11.5. The van der Waals surface area contributed by atoms with E-state index < -0.39 is 0 Å². The number of carbonyl (C=O) groups excluding carboxylic acids is 2. The van der Waals surface area contributed by atoms with Gasteiger partial charge in [-0.25, -0.2) is 0 Å². The summed E-state index contributed by atoms with van der Waals surface area (Å²) in [7, 11) is 0. The quantitative estimate of drug-likeness (QED) is 0.455. The highest BCUT2D eigenvalue weighted by Crippen LogP contribution is 2.29. The van der Waals surface area contributed by atoms with Gasteiger partial charge in [0.05, 0.1) is 30.0 Å². The van der Waals surface area contributed by atoms with Crippen LogP contribution in [-0.4, -0.2) is 39.1 Å². The number of nitrogens with zero attached hydrogens (tertiary/aromatic N) is 3. The Morgan fingerprint density at radius 3 is 2.42 bits per heavy atom. The zero-order valence-electron chi connectivity index (χ0n) is 18.7. The van der Waals surface area contributed by atoms with Gasteiger partial charge in [-0.05, 0) is 61.9 Å². The fourth-order valence-corrected chi connectivity index (χ4v) is 4.00. The molecule has 1 fully saturated rings. The molecule has 1 saturated carbocycles. The van der Waals surface area contributed by atoms with Gasteiger partial charge in [0.15, 0.2) is 0 Å². The van der Waals surface area contributed by atoms with Gasteiger partial charge in [-0.1, -0.05) is 36.4 Å². The average Bonchev–Trinajstić information content (AvgIpc) is 3.50. The van der Waals surface area contributed by atoms with Crippen molar-refractivity contribution in [1.82, 2.24) is 14.7 Å². The first-order chi connectivity index (χ1) is 16.1. The lowest BCUT2D eigenvalue weighted by molar-refractivity contribution is 0.0625. The number of carbonyl (C=O) groups is 2. The molecule has 1 aliphatic carbocycles. The maximum atomic E-state index is 12.6. The summed E-state index contributed by atoms with van der Waals surface area (Å²) < 4.78 is 7.70. The predicted molar refractivity (Wildman–Crippen MR) is 126 cm³/mol. The van der Waals surface area contributed by atoms with Gasteiger partial charge in [0.25, 0.3) is 11.8 Å². The summed E-state index contributed by atoms with van der Waals surface area (Å²) in [5.41, 5.74) is 3.11. The number of ether oxygens (including phenoxy) is 1. The van der Waals surface area contributed by atoms with E-state index in [1.807, 2.05) is 42.1 Å². The summed E-state index contributed by atoms with van der Waals surface area (Å²) in [4.78, 5) is 26.6. The third-order valence-corrected chi connectivity index (χ3v) is 6.19. The molecular weight excluding hydrogens is 414 g/mol. The lowest BCUT2D eigenvalue weighted by Gasteiger charge is -2.19. The summed E-state index contributed by atoms with van der Waals surface area (Å²) in [5, 5.41) is 4.44. The first kappa shape index (κ1) is 21.2. The molecule has 0 spiro atoms. The summed E-state index contributed by atoms with van der Waals surface area (Å²) in [5.74, 6) is 1.20. The monoisotopic (exact) mass is 441 g/mol. The molecule has 0 unspecified atom stereocenters. The third kappa shape index (κ3) is 4.75. The smallest absolute Gasteiger partial charge is 0.262 e. The Hall–Kier alpha value is -3.67. The van der Waals surface area contributed by atoms with Crippen molar-refractivity contribution in [3.8, 4) is 5.75 Å². The van der Waals surface area contributed by atoms with E-state index in [2.05, 4.69) is 17.2 Å². The highest BCUT2D eigenvalue weighted by molar-refractivity contribution is 6.21. The number of aromatic nitrogens is 2. The molecule has 2 aromatic carbocycles. The first-order valence-corrected chi connectivity index (χ1v) is 11.5. The number of fused-ring (bicyclic) bond motifs is 1. The van der Waals surface area contributed by atoms with Crippen LogP contribution in [0.5, 0.6) is 5.75 Å². The van der Waals surface area contributed by atoms with E-state index in [0.717, 1.165) is 36.8 Å². The molecule has 33 heavy (non-hydrogen) atoms. The van der Waals surface area contributed by atoms with E-state index in [1.54, 1.807) is 30.5 Å². The minimum absolute atomic E-state index is 0.243. The van der Waals surface area contributed by atoms with Crippen molar-refractivity contribution in [2.24, 2.45) is 5.92 Å². The van der Waals surface area contributed by atoms with Gasteiger partial charge < -0.3 is 4.74 Å². The van der Waals surface area contributed by atoms with Crippen LogP contribution in [0.15, 0.2) is 67.0 Å². The van der Waals surface area contributed by atoms with Gasteiger partial charge in [0, 0.05) is 18.3 Å². The Morgan fingerprint density at radius 2 is 1.76 bits per heavy atom. The zero-order valence-corrected chi connectivity index (χ0v) is 18.7. The van der Waals surface area contributed by atoms with E-state index in [-0.39, 0.29) is 17.9 Å². The van der Waals surface area contributed by atoms with Gasteiger partial charge in [0.1, 0.15) is 5.75 Å². The Balaban J connectivity index is 1.15. The van der Waals surface area contributed by atoms with E-state index in [9.17, 15) is 9.59 Å². The molecule has 168 valence electrons. The minimum atomic E-state index is -0.346. The van der Waals surface area contributed by atoms with Crippen LogP contribution in [0.4, 0.5) is 0 Å². The summed E-state index contributed by atoms with van der Waals surface area (Å²) in [6, 6.07) is 14.9. The third-order valence-electron chi connectivity index (χ3n) is 6.19. The van der Waals surface area contributed by atoms with E-state index in [4.69, 9.17) is 4.74 Å². The molecule has 5 rings (SSSR count). The van der Waals surface area contributed by atoms with Crippen molar-refractivity contribution in [3.05, 3.63) is 89.3 Å². The van der Waals surface area contributed by atoms with Gasteiger partial charge >= 0.3 is 0 Å². The second kappa shape index (κ2) is 9.06. The summed E-state index contributed by atoms with van der Waals surface area (Å²) in [6.45, 7) is 3.44. The predicted octanol–water partition coefficient (Wildman–Crippen LogP) is 4.61. The molecule has 6 heteroatoms. The summed E-state index contributed by atoms with van der Waals surface area (Å²) in [6.07, 6.45) is 11.0. The van der Waals surface area contributed by atoms with Crippen LogP contribution < -0.4 is 4.74 Å². The lowest BCUT2D eigenvalue weighted by Crippen LogP contribution is -2.36. The van der Waals surface area contributed by atoms with Crippen LogP contribution in [0.1, 0.15) is 51.6 Å². The Kier molecular flexibility index (Phi) is 5.82. The molecule has 2 heterocycles. The normalized spacial score (nSPS) is 16.5. The van der Waals surface area contributed by atoms with Crippen LogP contribution in [0.25, 0.3) is 6.08 Å². The number of imide groups is 1. The maximum absolute atomic E-state index is 12.6. The standard InChI is InChI=1S/C27H27N3O3/c1-19(30-26(31)24-4-2-3-5-25(24)27(30)32)6-7-22-16-28-29(17-22)15-14-20-10-12-23(13-11-20)33-18-21-8-9-21/h2-7,10-13,16-17,19,21H,8-9,14-15,18H2,1H3/t19-/m0/s1. The number of hydrogen-bond donors (Lipinski definition) is 0. The Bertz CT molecular complexity index is 1160. The van der Waals surface area contributed by atoms with Crippen molar-refractivity contribution in [3.63, 3.8) is 0 Å². The summed E-state index contributed by atoms with van der Waals surface area (Å²) >= 11 is 0. The van der Waals surface area contributed by atoms with Gasteiger partial charge in [-0.2, -0.15) is 5.10 Å². The molecule has 0 saturated heterocycles. The molecule has 0 bridgehead atoms. The van der Waals surface area contributed by atoms with Crippen molar-refractivity contribution in [2.45, 2.75) is 38.8 Å². The van der Waals surface area contributed by atoms with Gasteiger partial charge in [0.2, 0.25) is 0 Å². The van der Waals surface area contributed by atoms with E-state index >= 15 is 0 Å². The second-order valence-electron chi connectivity index (χ2n) is 8.81. The van der Waals surface area contributed by atoms with E-state index in [1.165, 1.54) is 23.3 Å². The van der Waals surface area contributed by atoms with Crippen molar-refractivity contribution in [1.29, 1.82) is 0 Å². The highest BCUT2D eigenvalue weighted by atomic mass is 16.5. The second-order valence-corrected chi connectivity index (χ2v) is 8.81. The molecule has 2 aliphatic rings. The van der Waals surface area contributed by atoms with Crippen LogP contribution in [-0.2, 0) is 13.0 Å². The van der Waals surface area contributed by atoms with Crippen LogP contribution in [0.2, 0.25) is 0 Å². The Labute approximate surface area is 193 Å².